The molecule has 1 aliphatic carbocycles. The molecule has 11 heteroatoms. The lowest BCUT2D eigenvalue weighted by Crippen LogP contribution is -2.64. The van der Waals surface area contributed by atoms with Crippen molar-refractivity contribution in [1.29, 1.82) is 0 Å². The fourth-order valence-corrected chi connectivity index (χ4v) is 3.99. The average molecular weight is 381 g/mol. The van der Waals surface area contributed by atoms with Gasteiger partial charge >= 0.3 is 0 Å². The second kappa shape index (κ2) is 7.89. The highest BCUT2D eigenvalue weighted by Gasteiger charge is 2.55. The molecule has 0 amide bonds. The van der Waals surface area contributed by atoms with Crippen LogP contribution in [-0.4, -0.2) is 123 Å². The highest BCUT2D eigenvalue weighted by molar-refractivity contribution is 5.06. The standard InChI is InChI=1S/C15H27NO10/c1-24-15-13(23)9(19)7(17)5(26-15)2-16-4-3-25-14-6(4)8(18)10(20)11(21)12(14)22/h4-23H,2-3H2,1H3/t4-,5-,6+,7-,8-,9+,10+,11-,12+,13-,14+,15+/m1/s1. The maximum atomic E-state index is 10.2. The summed E-state index contributed by atoms with van der Waals surface area (Å²) in [6.45, 7) is 0.133. The summed E-state index contributed by atoms with van der Waals surface area (Å²) in [4.78, 5) is 0. The number of hydrogen-bond acceptors (Lipinski definition) is 11. The zero-order chi connectivity index (χ0) is 19.2. The molecule has 0 aromatic rings. The van der Waals surface area contributed by atoms with Crippen LogP contribution in [0.25, 0.3) is 0 Å². The van der Waals surface area contributed by atoms with Crippen LogP contribution in [0, 0.1) is 5.92 Å². The van der Waals surface area contributed by atoms with Gasteiger partial charge in [-0.25, -0.2) is 0 Å². The van der Waals surface area contributed by atoms with Crippen molar-refractivity contribution in [1.82, 2.24) is 5.32 Å². The molecular formula is C15H27NO10. The number of fused-ring (bicyclic) bond motifs is 1. The van der Waals surface area contributed by atoms with Gasteiger partial charge in [0.2, 0.25) is 0 Å². The van der Waals surface area contributed by atoms with Crippen molar-refractivity contribution in [3.63, 3.8) is 0 Å². The van der Waals surface area contributed by atoms with Crippen molar-refractivity contribution in [2.45, 2.75) is 67.3 Å². The van der Waals surface area contributed by atoms with Gasteiger partial charge in [0, 0.05) is 25.6 Å². The molecule has 2 saturated heterocycles. The van der Waals surface area contributed by atoms with E-state index >= 15 is 0 Å². The van der Waals surface area contributed by atoms with Gasteiger partial charge in [0.1, 0.15) is 42.7 Å². The molecule has 1 saturated carbocycles. The maximum absolute atomic E-state index is 10.2. The van der Waals surface area contributed by atoms with E-state index in [4.69, 9.17) is 14.2 Å². The van der Waals surface area contributed by atoms with Gasteiger partial charge in [-0.15, -0.1) is 0 Å². The number of hydrogen-bond donors (Lipinski definition) is 8. The lowest BCUT2D eigenvalue weighted by atomic mass is 9.76. The smallest absolute Gasteiger partial charge is 0.186 e. The van der Waals surface area contributed by atoms with E-state index in [-0.39, 0.29) is 13.2 Å². The van der Waals surface area contributed by atoms with Gasteiger partial charge in [0.05, 0.1) is 18.8 Å². The van der Waals surface area contributed by atoms with Crippen molar-refractivity contribution in [3.05, 3.63) is 0 Å². The highest BCUT2D eigenvalue weighted by atomic mass is 16.7. The first-order valence-electron chi connectivity index (χ1n) is 8.57. The number of ether oxygens (including phenoxy) is 3. The van der Waals surface area contributed by atoms with Crippen LogP contribution in [0.5, 0.6) is 0 Å². The lowest BCUT2D eigenvalue weighted by Gasteiger charge is -2.42. The van der Waals surface area contributed by atoms with Gasteiger partial charge in [0.25, 0.3) is 0 Å². The Balaban J connectivity index is 1.63. The Bertz CT molecular complexity index is 481. The number of aliphatic hydroxyl groups is 7. The van der Waals surface area contributed by atoms with Gasteiger partial charge in [-0.3, -0.25) is 0 Å². The molecule has 3 aliphatic rings. The molecule has 0 unspecified atom stereocenters. The monoisotopic (exact) mass is 381 g/mol. The molecule has 0 radical (unpaired) electrons. The van der Waals surface area contributed by atoms with Crippen LogP contribution in [0.2, 0.25) is 0 Å². The minimum absolute atomic E-state index is 0.0313. The van der Waals surface area contributed by atoms with Crippen molar-refractivity contribution in [2.75, 3.05) is 20.3 Å². The van der Waals surface area contributed by atoms with Gasteiger partial charge in [-0.1, -0.05) is 0 Å². The summed E-state index contributed by atoms with van der Waals surface area (Å²) in [7, 11) is 1.30. The van der Waals surface area contributed by atoms with Gasteiger partial charge in [-0.05, 0) is 0 Å². The Kier molecular flexibility index (Phi) is 6.16. The van der Waals surface area contributed by atoms with Crippen LogP contribution in [0.3, 0.4) is 0 Å². The van der Waals surface area contributed by atoms with Crippen molar-refractivity contribution < 1.29 is 50.0 Å². The first kappa shape index (κ1) is 20.3. The molecule has 8 N–H and O–H groups in total. The van der Waals surface area contributed by atoms with E-state index in [0.29, 0.717) is 0 Å². The highest BCUT2D eigenvalue weighted by Crippen LogP contribution is 2.35. The zero-order valence-electron chi connectivity index (χ0n) is 14.2. The van der Waals surface area contributed by atoms with E-state index in [1.54, 1.807) is 0 Å². The van der Waals surface area contributed by atoms with Crippen LogP contribution < -0.4 is 5.32 Å². The predicted octanol–water partition coefficient (Wildman–Crippen LogP) is -5.13. The number of aliphatic hydroxyl groups excluding tert-OH is 7. The third-order valence-corrected chi connectivity index (χ3v) is 5.57. The Hall–Kier alpha value is -0.440. The van der Waals surface area contributed by atoms with Gasteiger partial charge < -0.3 is 55.3 Å². The van der Waals surface area contributed by atoms with E-state index in [1.165, 1.54) is 7.11 Å². The zero-order valence-corrected chi connectivity index (χ0v) is 14.2. The van der Waals surface area contributed by atoms with E-state index < -0.39 is 73.2 Å². The summed E-state index contributed by atoms with van der Waals surface area (Å²) in [5, 5.41) is 72.7. The van der Waals surface area contributed by atoms with Crippen molar-refractivity contribution in [2.24, 2.45) is 5.92 Å². The third kappa shape index (κ3) is 3.38. The van der Waals surface area contributed by atoms with Crippen molar-refractivity contribution in [3.8, 4) is 0 Å². The van der Waals surface area contributed by atoms with E-state index in [2.05, 4.69) is 5.32 Å². The Labute approximate surface area is 149 Å². The van der Waals surface area contributed by atoms with Crippen LogP contribution in [0.1, 0.15) is 0 Å². The number of rotatable bonds is 4. The Morgan fingerprint density at radius 1 is 0.846 bits per heavy atom. The molecule has 3 rings (SSSR count). The molecule has 152 valence electrons. The minimum atomic E-state index is -1.51. The lowest BCUT2D eigenvalue weighted by molar-refractivity contribution is -0.288. The van der Waals surface area contributed by atoms with Crippen LogP contribution in [-0.2, 0) is 14.2 Å². The first-order valence-corrected chi connectivity index (χ1v) is 8.57. The van der Waals surface area contributed by atoms with Gasteiger partial charge in [-0.2, -0.15) is 0 Å². The second-order valence-electron chi connectivity index (χ2n) is 7.10. The SMILES string of the molecule is CO[C@H]1O[C@H](CN[C@@H]2CO[C@@H]3[C@@H](O)[C@H](O)[C@@H](O)[C@H](O)[C@@H]32)[C@@H](O)[C@H](O)[C@H]1O. The minimum Gasteiger partial charge on any atom is -0.390 e. The molecule has 0 aromatic heterocycles. The first-order chi connectivity index (χ1) is 12.3. The molecule has 0 aromatic carbocycles. The molecule has 0 spiro atoms. The summed E-state index contributed by atoms with van der Waals surface area (Å²) >= 11 is 0. The molecule has 2 heterocycles. The normalized spacial score (nSPS) is 54.9. The molecule has 2 aliphatic heterocycles. The molecular weight excluding hydrogens is 354 g/mol. The second-order valence-corrected chi connectivity index (χ2v) is 7.10. The molecule has 11 nitrogen and oxygen atoms in total. The summed E-state index contributed by atoms with van der Waals surface area (Å²) in [6.07, 6.45) is -12.7. The van der Waals surface area contributed by atoms with E-state index in [9.17, 15) is 35.7 Å². The summed E-state index contributed by atoms with van der Waals surface area (Å²) < 4.78 is 15.8. The largest absolute Gasteiger partial charge is 0.390 e. The summed E-state index contributed by atoms with van der Waals surface area (Å²) in [5.74, 6) is -0.683. The van der Waals surface area contributed by atoms with Crippen LogP contribution >= 0.6 is 0 Å². The predicted molar refractivity (Wildman–Crippen MR) is 82.7 cm³/mol. The molecule has 26 heavy (non-hydrogen) atoms. The quantitative estimate of drug-likeness (QED) is 0.233. The fraction of sp³-hybridized carbons (Fsp3) is 1.00. The molecule has 12 atom stereocenters. The average Bonchev–Trinajstić information content (AvgIpc) is 3.06. The maximum Gasteiger partial charge on any atom is 0.186 e. The Morgan fingerprint density at radius 2 is 1.46 bits per heavy atom. The summed E-state index contributed by atoms with van der Waals surface area (Å²) in [5.41, 5.74) is 0. The van der Waals surface area contributed by atoms with E-state index in [1.807, 2.05) is 0 Å². The van der Waals surface area contributed by atoms with Crippen molar-refractivity contribution >= 4 is 0 Å². The third-order valence-electron chi connectivity index (χ3n) is 5.57. The topological polar surface area (TPSA) is 181 Å². The molecule has 3 fully saturated rings. The van der Waals surface area contributed by atoms with Crippen LogP contribution in [0.15, 0.2) is 0 Å². The van der Waals surface area contributed by atoms with E-state index in [0.717, 1.165) is 0 Å². The Morgan fingerprint density at radius 3 is 2.12 bits per heavy atom. The molecule has 0 bridgehead atoms. The number of nitrogens with one attached hydrogen (secondary N) is 1. The summed E-state index contributed by atoms with van der Waals surface area (Å²) in [6, 6.07) is -0.493. The van der Waals surface area contributed by atoms with Crippen LogP contribution in [0.4, 0.5) is 0 Å². The number of methoxy groups -OCH3 is 1. The fourth-order valence-electron chi connectivity index (χ4n) is 3.99. The van der Waals surface area contributed by atoms with Gasteiger partial charge in [0.15, 0.2) is 6.29 Å².